The fourth-order valence-corrected chi connectivity index (χ4v) is 5.09. The molecule has 0 saturated carbocycles. The van der Waals surface area contributed by atoms with Crippen LogP contribution >= 0.6 is 0 Å². The Hall–Kier alpha value is -0.0400. The van der Waals surface area contributed by atoms with E-state index in [0.29, 0.717) is 11.0 Å². The zero-order valence-corrected chi connectivity index (χ0v) is 19.7. The third-order valence-electron chi connectivity index (χ3n) is 6.65. The number of hydrogen-bond acceptors (Lipinski definition) is 0. The summed E-state index contributed by atoms with van der Waals surface area (Å²) >= 11 is 0. The van der Waals surface area contributed by atoms with E-state index in [1.807, 2.05) is 0 Å². The molecule has 0 heterocycles. The van der Waals surface area contributed by atoms with E-state index in [4.69, 9.17) is 0 Å². The van der Waals surface area contributed by atoms with Crippen LogP contribution in [0.1, 0.15) is 114 Å². The van der Waals surface area contributed by atoms with Crippen LogP contribution in [0.15, 0.2) is 0 Å². The van der Waals surface area contributed by atoms with Gasteiger partial charge < -0.3 is 4.48 Å². The molecule has 0 spiro atoms. The molecule has 0 aliphatic rings. The maximum Gasteiger partial charge on any atom is 0.0969 e. The highest BCUT2D eigenvalue weighted by atomic mass is 15.4. The fraction of sp³-hybridized carbons (Fsp3) is 1.00. The zero-order valence-electron chi connectivity index (χ0n) is 19.7. The predicted octanol–water partition coefficient (Wildman–Crippen LogP) is 7.69. The molecule has 0 N–H and O–H groups in total. The highest BCUT2D eigenvalue weighted by Crippen LogP contribution is 2.46. The van der Waals surface area contributed by atoms with Gasteiger partial charge in [0.25, 0.3) is 0 Å². The van der Waals surface area contributed by atoms with Crippen molar-refractivity contribution < 1.29 is 4.48 Å². The third kappa shape index (κ3) is 7.24. The molecule has 1 nitrogen and oxygen atoms in total. The van der Waals surface area contributed by atoms with Gasteiger partial charge in [-0.25, -0.2) is 0 Å². The van der Waals surface area contributed by atoms with Crippen LogP contribution in [0.5, 0.6) is 0 Å². The molecule has 0 bridgehead atoms. The van der Waals surface area contributed by atoms with Gasteiger partial charge in [-0.05, 0) is 50.9 Å². The van der Waals surface area contributed by atoms with Gasteiger partial charge >= 0.3 is 0 Å². The van der Waals surface area contributed by atoms with Crippen molar-refractivity contribution >= 4 is 0 Å². The van der Waals surface area contributed by atoms with Gasteiger partial charge in [-0.3, -0.25) is 0 Å². The Bertz CT molecular complexity index is 313. The van der Waals surface area contributed by atoms with Crippen molar-refractivity contribution in [2.75, 3.05) is 19.6 Å². The van der Waals surface area contributed by atoms with E-state index < -0.39 is 0 Å². The quantitative estimate of drug-likeness (QED) is 0.297. The van der Waals surface area contributed by atoms with Crippen molar-refractivity contribution in [2.45, 2.75) is 120 Å². The third-order valence-corrected chi connectivity index (χ3v) is 6.65. The summed E-state index contributed by atoms with van der Waals surface area (Å²) in [7, 11) is 0. The zero-order chi connectivity index (χ0) is 19.7. The smallest absolute Gasteiger partial charge is 0.0969 e. The Balaban J connectivity index is 5.98. The van der Waals surface area contributed by atoms with Gasteiger partial charge in [-0.2, -0.15) is 0 Å². The first-order valence-corrected chi connectivity index (χ1v) is 11.3. The standard InChI is InChI=1S/C24H52N/c1-11-14-17-25(18-15-12-2,19-16-13-3)24(9,10)22(20-21(4)5)23(6,7)8/h21-22H,11-20H2,1-10H3/q+1. The molecule has 25 heavy (non-hydrogen) atoms. The Morgan fingerprint density at radius 2 is 1.04 bits per heavy atom. The summed E-state index contributed by atoms with van der Waals surface area (Å²) in [6, 6.07) is 0. The minimum atomic E-state index is 0.335. The first-order valence-electron chi connectivity index (χ1n) is 11.3. The monoisotopic (exact) mass is 354 g/mol. The second-order valence-corrected chi connectivity index (χ2v) is 10.6. The molecule has 1 heteroatoms. The summed E-state index contributed by atoms with van der Waals surface area (Å²) < 4.78 is 1.34. The van der Waals surface area contributed by atoms with Crippen LogP contribution in [0.25, 0.3) is 0 Å². The van der Waals surface area contributed by atoms with E-state index in [0.717, 1.165) is 11.8 Å². The van der Waals surface area contributed by atoms with Crippen LogP contribution in [-0.2, 0) is 0 Å². The minimum Gasteiger partial charge on any atom is -0.319 e. The highest BCUT2D eigenvalue weighted by Gasteiger charge is 2.51. The molecule has 0 aromatic heterocycles. The van der Waals surface area contributed by atoms with Crippen LogP contribution in [0.3, 0.4) is 0 Å². The normalized spacial score (nSPS) is 15.0. The maximum atomic E-state index is 2.62. The molecule has 0 rings (SSSR count). The molecule has 1 unspecified atom stereocenters. The molecule has 0 amide bonds. The summed E-state index contributed by atoms with van der Waals surface area (Å²) in [6.07, 6.45) is 9.41. The van der Waals surface area contributed by atoms with Crippen LogP contribution < -0.4 is 0 Å². The number of hydrogen-bond donors (Lipinski definition) is 0. The van der Waals surface area contributed by atoms with Crippen LogP contribution in [-0.4, -0.2) is 29.7 Å². The Kier molecular flexibility index (Phi) is 10.9. The molecule has 0 aromatic carbocycles. The Morgan fingerprint density at radius 3 is 1.28 bits per heavy atom. The van der Waals surface area contributed by atoms with E-state index in [9.17, 15) is 0 Å². The average Bonchev–Trinajstić information content (AvgIpc) is 2.50. The van der Waals surface area contributed by atoms with Gasteiger partial charge in [-0.15, -0.1) is 0 Å². The first-order chi connectivity index (χ1) is 11.5. The van der Waals surface area contributed by atoms with E-state index >= 15 is 0 Å². The lowest BCUT2D eigenvalue weighted by atomic mass is 9.65. The molecule has 0 radical (unpaired) electrons. The van der Waals surface area contributed by atoms with Crippen LogP contribution in [0.2, 0.25) is 0 Å². The number of quaternary nitrogens is 1. The maximum absolute atomic E-state index is 2.62. The summed E-state index contributed by atoms with van der Waals surface area (Å²) in [5.41, 5.74) is 0.698. The van der Waals surface area contributed by atoms with Gasteiger partial charge in [0.15, 0.2) is 0 Å². The van der Waals surface area contributed by atoms with Gasteiger partial charge in [0, 0.05) is 5.92 Å². The summed E-state index contributed by atoms with van der Waals surface area (Å²) in [5.74, 6) is 1.53. The molecule has 0 aliphatic carbocycles. The lowest BCUT2D eigenvalue weighted by Gasteiger charge is -2.57. The second kappa shape index (κ2) is 11.0. The van der Waals surface area contributed by atoms with Crippen molar-refractivity contribution in [3.05, 3.63) is 0 Å². The second-order valence-electron chi connectivity index (χ2n) is 10.6. The van der Waals surface area contributed by atoms with E-state index in [-0.39, 0.29) is 0 Å². The number of nitrogens with zero attached hydrogens (tertiary/aromatic N) is 1. The topological polar surface area (TPSA) is 0 Å². The molecule has 152 valence electrons. The Morgan fingerprint density at radius 1 is 0.680 bits per heavy atom. The number of rotatable bonds is 13. The molecule has 0 aromatic rings. The van der Waals surface area contributed by atoms with Crippen LogP contribution in [0.4, 0.5) is 0 Å². The molecular weight excluding hydrogens is 302 g/mol. The highest BCUT2D eigenvalue weighted by molar-refractivity contribution is 4.90. The molecule has 0 fully saturated rings. The Labute approximate surface area is 161 Å². The fourth-order valence-electron chi connectivity index (χ4n) is 5.09. The lowest BCUT2D eigenvalue weighted by molar-refractivity contribution is -0.978. The molecular formula is C24H52N+. The summed E-state index contributed by atoms with van der Waals surface area (Å²) in [5, 5.41) is 0. The first kappa shape index (κ1) is 25.0. The van der Waals surface area contributed by atoms with Crippen molar-refractivity contribution in [1.82, 2.24) is 0 Å². The van der Waals surface area contributed by atoms with E-state index in [1.165, 1.54) is 69.1 Å². The van der Waals surface area contributed by atoms with Gasteiger partial charge in [0.2, 0.25) is 0 Å². The summed E-state index contributed by atoms with van der Waals surface area (Å²) in [4.78, 5) is 0. The van der Waals surface area contributed by atoms with Gasteiger partial charge in [0.05, 0.1) is 25.2 Å². The molecule has 0 aliphatic heterocycles. The van der Waals surface area contributed by atoms with E-state index in [2.05, 4.69) is 69.2 Å². The van der Waals surface area contributed by atoms with Crippen LogP contribution in [0, 0.1) is 17.3 Å². The molecule has 0 saturated heterocycles. The largest absolute Gasteiger partial charge is 0.319 e. The van der Waals surface area contributed by atoms with Crippen molar-refractivity contribution in [2.24, 2.45) is 17.3 Å². The number of unbranched alkanes of at least 4 members (excludes halogenated alkanes) is 3. The van der Waals surface area contributed by atoms with Crippen molar-refractivity contribution in [3.8, 4) is 0 Å². The summed E-state index contributed by atoms with van der Waals surface area (Å²) in [6.45, 7) is 28.7. The lowest BCUT2D eigenvalue weighted by Crippen LogP contribution is -2.67. The van der Waals surface area contributed by atoms with E-state index in [1.54, 1.807) is 0 Å². The van der Waals surface area contributed by atoms with Gasteiger partial charge in [-0.1, -0.05) is 74.7 Å². The average molecular weight is 355 g/mol. The van der Waals surface area contributed by atoms with Crippen molar-refractivity contribution in [1.29, 1.82) is 0 Å². The molecule has 1 atom stereocenters. The SMILES string of the molecule is CCCC[N+](CCCC)(CCCC)C(C)(C)C(CC(C)C)C(C)(C)C. The van der Waals surface area contributed by atoms with Crippen molar-refractivity contribution in [3.63, 3.8) is 0 Å². The minimum absolute atomic E-state index is 0.335. The van der Waals surface area contributed by atoms with Gasteiger partial charge in [0.1, 0.15) is 0 Å². The predicted molar refractivity (Wildman–Crippen MR) is 116 cm³/mol.